The van der Waals surface area contributed by atoms with E-state index in [0.717, 1.165) is 6.54 Å². The maximum Gasteiger partial charge on any atom is -0.00183 e. The molecule has 0 spiro atoms. The topological polar surface area (TPSA) is 3.24 Å². The van der Waals surface area contributed by atoms with Gasteiger partial charge in [-0.1, -0.05) is 12.8 Å². The molecule has 0 aromatic carbocycles. The Hall–Kier alpha value is -0.0400. The van der Waals surface area contributed by atoms with Crippen LogP contribution in [0.3, 0.4) is 0 Å². The third-order valence-corrected chi connectivity index (χ3v) is 2.01. The molecule has 0 aliphatic carbocycles. The van der Waals surface area contributed by atoms with E-state index in [1.54, 1.807) is 0 Å². The molecular formula is C8H16N. The van der Waals surface area contributed by atoms with Gasteiger partial charge in [0.1, 0.15) is 0 Å². The fourth-order valence-electron chi connectivity index (χ4n) is 1.36. The molecule has 1 saturated heterocycles. The fraction of sp³-hybridized carbons (Fsp3) is 0.875. The van der Waals surface area contributed by atoms with Gasteiger partial charge < -0.3 is 4.90 Å². The number of likely N-dealkylation sites (tertiary alicyclic amines) is 1. The van der Waals surface area contributed by atoms with Gasteiger partial charge in [-0.15, -0.1) is 0 Å². The van der Waals surface area contributed by atoms with Gasteiger partial charge in [0.05, 0.1) is 0 Å². The fourth-order valence-corrected chi connectivity index (χ4v) is 1.36. The van der Waals surface area contributed by atoms with Crippen molar-refractivity contribution in [2.45, 2.75) is 25.7 Å². The molecule has 0 saturated carbocycles. The van der Waals surface area contributed by atoms with Crippen LogP contribution < -0.4 is 0 Å². The second-order valence-corrected chi connectivity index (χ2v) is 2.76. The van der Waals surface area contributed by atoms with E-state index in [2.05, 4.69) is 11.8 Å². The summed E-state index contributed by atoms with van der Waals surface area (Å²) in [6.45, 7) is 7.44. The molecule has 1 heteroatoms. The first-order chi connectivity index (χ1) is 4.43. The molecule has 0 unspecified atom stereocenters. The summed E-state index contributed by atoms with van der Waals surface area (Å²) in [5.41, 5.74) is 0. The van der Waals surface area contributed by atoms with Crippen molar-refractivity contribution in [1.82, 2.24) is 4.90 Å². The minimum absolute atomic E-state index is 1.00. The first kappa shape index (κ1) is 7.07. The lowest BCUT2D eigenvalue weighted by molar-refractivity contribution is 0.314. The molecule has 0 atom stereocenters. The molecule has 0 bridgehead atoms. The molecule has 1 aliphatic rings. The molecule has 0 aromatic rings. The Balaban J connectivity index is 2.18. The Bertz CT molecular complexity index is 63.0. The van der Waals surface area contributed by atoms with Gasteiger partial charge >= 0.3 is 0 Å². The molecular weight excluding hydrogens is 110 g/mol. The highest BCUT2D eigenvalue weighted by Gasteiger charge is 2.04. The molecule has 53 valence electrons. The molecule has 1 radical (unpaired) electrons. The van der Waals surface area contributed by atoms with E-state index < -0.39 is 0 Å². The van der Waals surface area contributed by atoms with Crippen LogP contribution in [0.4, 0.5) is 0 Å². The predicted octanol–water partition coefficient (Wildman–Crippen LogP) is 1.70. The van der Waals surface area contributed by atoms with Crippen LogP contribution in [-0.4, -0.2) is 24.5 Å². The zero-order valence-corrected chi connectivity index (χ0v) is 6.10. The number of hydrogen-bond acceptors (Lipinski definition) is 1. The first-order valence-electron chi connectivity index (χ1n) is 3.95. The van der Waals surface area contributed by atoms with Crippen LogP contribution in [0.15, 0.2) is 0 Å². The van der Waals surface area contributed by atoms with Crippen LogP contribution in [0, 0.1) is 6.92 Å². The van der Waals surface area contributed by atoms with Crippen molar-refractivity contribution in [3.05, 3.63) is 6.92 Å². The van der Waals surface area contributed by atoms with Crippen LogP contribution in [0.2, 0.25) is 0 Å². The summed E-state index contributed by atoms with van der Waals surface area (Å²) in [6, 6.07) is 0. The zero-order chi connectivity index (χ0) is 6.53. The smallest absolute Gasteiger partial charge is 0.00183 e. The van der Waals surface area contributed by atoms with E-state index in [-0.39, 0.29) is 0 Å². The summed E-state index contributed by atoms with van der Waals surface area (Å²) in [5.74, 6) is 0. The summed E-state index contributed by atoms with van der Waals surface area (Å²) < 4.78 is 0. The second-order valence-electron chi connectivity index (χ2n) is 2.76. The Morgan fingerprint density at radius 3 is 2.00 bits per heavy atom. The summed E-state index contributed by atoms with van der Waals surface area (Å²) in [4.78, 5) is 2.44. The maximum atomic E-state index is 3.88. The maximum absolute atomic E-state index is 3.88. The van der Waals surface area contributed by atoms with E-state index in [0.29, 0.717) is 0 Å². The summed E-state index contributed by atoms with van der Waals surface area (Å²) >= 11 is 0. The third-order valence-electron chi connectivity index (χ3n) is 2.01. The highest BCUT2D eigenvalue weighted by Crippen LogP contribution is 2.08. The largest absolute Gasteiger partial charge is 0.303 e. The molecule has 0 aromatic heterocycles. The Morgan fingerprint density at radius 2 is 1.56 bits per heavy atom. The number of hydrogen-bond donors (Lipinski definition) is 0. The Labute approximate surface area is 58.0 Å². The quantitative estimate of drug-likeness (QED) is 0.517. The van der Waals surface area contributed by atoms with Crippen LogP contribution in [0.1, 0.15) is 25.7 Å². The SMILES string of the molecule is [CH2]CN1CCCCCC1. The Morgan fingerprint density at radius 1 is 1.00 bits per heavy atom. The van der Waals surface area contributed by atoms with E-state index in [1.807, 2.05) is 0 Å². The van der Waals surface area contributed by atoms with Crippen molar-refractivity contribution in [3.63, 3.8) is 0 Å². The lowest BCUT2D eigenvalue weighted by Crippen LogP contribution is -2.23. The van der Waals surface area contributed by atoms with Gasteiger partial charge in [0.15, 0.2) is 0 Å². The monoisotopic (exact) mass is 126 g/mol. The van der Waals surface area contributed by atoms with Crippen molar-refractivity contribution in [1.29, 1.82) is 0 Å². The summed E-state index contributed by atoms with van der Waals surface area (Å²) in [5, 5.41) is 0. The number of rotatable bonds is 1. The van der Waals surface area contributed by atoms with Crippen molar-refractivity contribution in [3.8, 4) is 0 Å². The van der Waals surface area contributed by atoms with Crippen molar-refractivity contribution < 1.29 is 0 Å². The number of nitrogens with zero attached hydrogens (tertiary/aromatic N) is 1. The predicted molar refractivity (Wildman–Crippen MR) is 40.3 cm³/mol. The molecule has 1 heterocycles. The minimum atomic E-state index is 1.00. The van der Waals surface area contributed by atoms with E-state index >= 15 is 0 Å². The first-order valence-corrected chi connectivity index (χ1v) is 3.95. The molecule has 0 N–H and O–H groups in total. The lowest BCUT2D eigenvalue weighted by atomic mass is 10.2. The molecule has 1 fully saturated rings. The standard InChI is InChI=1S/C8H16N/c1-2-9-7-5-3-4-6-8-9/h1-8H2. The van der Waals surface area contributed by atoms with Gasteiger partial charge in [-0.3, -0.25) is 0 Å². The zero-order valence-electron chi connectivity index (χ0n) is 6.10. The molecule has 0 amide bonds. The normalized spacial score (nSPS) is 23.7. The third kappa shape index (κ3) is 2.35. The average molecular weight is 126 g/mol. The summed E-state index contributed by atoms with van der Waals surface area (Å²) in [6.07, 6.45) is 5.62. The summed E-state index contributed by atoms with van der Waals surface area (Å²) in [7, 11) is 0. The van der Waals surface area contributed by atoms with Crippen LogP contribution >= 0.6 is 0 Å². The Kier molecular flexibility index (Phi) is 3.05. The van der Waals surface area contributed by atoms with Crippen molar-refractivity contribution in [2.75, 3.05) is 19.6 Å². The van der Waals surface area contributed by atoms with Crippen LogP contribution in [0.25, 0.3) is 0 Å². The van der Waals surface area contributed by atoms with Crippen molar-refractivity contribution >= 4 is 0 Å². The molecule has 1 rings (SSSR count). The lowest BCUT2D eigenvalue weighted by Gasteiger charge is -2.15. The van der Waals surface area contributed by atoms with Gasteiger partial charge in [-0.25, -0.2) is 0 Å². The highest BCUT2D eigenvalue weighted by atomic mass is 15.1. The van der Waals surface area contributed by atoms with Crippen LogP contribution in [-0.2, 0) is 0 Å². The van der Waals surface area contributed by atoms with E-state index in [9.17, 15) is 0 Å². The average Bonchev–Trinajstić information content (AvgIpc) is 2.13. The molecule has 9 heavy (non-hydrogen) atoms. The van der Waals surface area contributed by atoms with E-state index in [1.165, 1.54) is 38.8 Å². The second kappa shape index (κ2) is 3.89. The van der Waals surface area contributed by atoms with E-state index in [4.69, 9.17) is 0 Å². The van der Waals surface area contributed by atoms with Gasteiger partial charge in [0.2, 0.25) is 0 Å². The van der Waals surface area contributed by atoms with Gasteiger partial charge in [0, 0.05) is 0 Å². The molecule has 1 aliphatic heterocycles. The van der Waals surface area contributed by atoms with Crippen LogP contribution in [0.5, 0.6) is 0 Å². The molecule has 1 nitrogen and oxygen atoms in total. The highest BCUT2D eigenvalue weighted by molar-refractivity contribution is 4.63. The van der Waals surface area contributed by atoms with Gasteiger partial charge in [0.25, 0.3) is 0 Å². The van der Waals surface area contributed by atoms with Crippen molar-refractivity contribution in [2.24, 2.45) is 0 Å². The van der Waals surface area contributed by atoms with Gasteiger partial charge in [-0.05, 0) is 39.4 Å². The van der Waals surface area contributed by atoms with Gasteiger partial charge in [-0.2, -0.15) is 0 Å². The minimum Gasteiger partial charge on any atom is -0.303 e.